The van der Waals surface area contributed by atoms with Gasteiger partial charge in [0.25, 0.3) is 0 Å². The molecule has 0 bridgehead atoms. The van der Waals surface area contributed by atoms with Crippen LogP contribution in [0.5, 0.6) is 0 Å². The van der Waals surface area contributed by atoms with Crippen molar-refractivity contribution in [3.63, 3.8) is 0 Å². The second-order valence-corrected chi connectivity index (χ2v) is 8.26. The van der Waals surface area contributed by atoms with Gasteiger partial charge in [0.05, 0.1) is 0 Å². The lowest BCUT2D eigenvalue weighted by Gasteiger charge is -2.34. The van der Waals surface area contributed by atoms with E-state index in [0.29, 0.717) is 17.6 Å². The van der Waals surface area contributed by atoms with Crippen molar-refractivity contribution >= 4 is 34.1 Å². The molecule has 1 atom stereocenters. The summed E-state index contributed by atoms with van der Waals surface area (Å²) in [5.41, 5.74) is -0.345. The van der Waals surface area contributed by atoms with E-state index >= 15 is 0 Å². The number of hydrogen-bond donors (Lipinski definition) is 1. The number of nitrogens with one attached hydrogen (secondary N) is 1. The summed E-state index contributed by atoms with van der Waals surface area (Å²) in [6, 6.07) is 10.2. The zero-order chi connectivity index (χ0) is 18.0. The lowest BCUT2D eigenvalue weighted by Crippen LogP contribution is -2.43. The molecule has 3 rings (SSSR count). The summed E-state index contributed by atoms with van der Waals surface area (Å²) in [7, 11) is 0. The average Bonchev–Trinajstić information content (AvgIpc) is 2.59. The summed E-state index contributed by atoms with van der Waals surface area (Å²) >= 11 is 6.38. The Hall–Kier alpha value is -1.81. The number of piperidine rings is 1. The number of pyridine rings is 1. The largest absolute Gasteiger partial charge is 0.356 e. The molecule has 2 heterocycles. The first-order valence-corrected chi connectivity index (χ1v) is 9.31. The molecule has 0 saturated carbocycles. The van der Waals surface area contributed by atoms with E-state index in [1.165, 1.54) is 0 Å². The molecule has 1 fully saturated rings. The first-order valence-electron chi connectivity index (χ1n) is 8.93. The summed E-state index contributed by atoms with van der Waals surface area (Å²) < 4.78 is 0. The number of fused-ring (bicyclic) bond motifs is 1. The third-order valence-electron chi connectivity index (χ3n) is 4.76. The van der Waals surface area contributed by atoms with E-state index < -0.39 is 0 Å². The van der Waals surface area contributed by atoms with Crippen LogP contribution in [0.4, 0.5) is 5.82 Å². The fraction of sp³-hybridized carbons (Fsp3) is 0.500. The van der Waals surface area contributed by atoms with Gasteiger partial charge in [-0.1, -0.05) is 56.6 Å². The Morgan fingerprint density at radius 3 is 2.88 bits per heavy atom. The first-order chi connectivity index (χ1) is 11.8. The minimum absolute atomic E-state index is 0.108. The number of nitrogens with zero attached hydrogens (tertiary/aromatic N) is 2. The van der Waals surface area contributed by atoms with Crippen molar-refractivity contribution in [2.75, 3.05) is 24.5 Å². The Morgan fingerprint density at radius 2 is 2.12 bits per heavy atom. The maximum atomic E-state index is 12.1. The highest BCUT2D eigenvalue weighted by Crippen LogP contribution is 2.28. The normalized spacial score (nSPS) is 18.4. The smallest absolute Gasteiger partial charge is 0.225 e. The Balaban J connectivity index is 1.70. The number of aromatic nitrogens is 1. The fourth-order valence-electron chi connectivity index (χ4n) is 3.25. The van der Waals surface area contributed by atoms with E-state index in [1.54, 1.807) is 0 Å². The maximum absolute atomic E-state index is 12.1. The van der Waals surface area contributed by atoms with Crippen molar-refractivity contribution in [3.8, 4) is 0 Å². The molecular weight excluding hydrogens is 334 g/mol. The molecule has 1 aliphatic heterocycles. The Kier molecular flexibility index (Phi) is 5.19. The molecule has 134 valence electrons. The summed E-state index contributed by atoms with van der Waals surface area (Å²) in [5, 5.41) is 5.74. The Labute approximate surface area is 154 Å². The van der Waals surface area contributed by atoms with Gasteiger partial charge in [0, 0.05) is 30.4 Å². The lowest BCUT2D eigenvalue weighted by atomic mass is 9.94. The number of benzene rings is 1. The SMILES string of the molecule is CC(C)(C)C(=O)NCC1CCCN(c2cc3ccccc3c(Cl)n2)C1. The second kappa shape index (κ2) is 7.20. The molecule has 1 amide bonds. The van der Waals surface area contributed by atoms with Gasteiger partial charge in [0.2, 0.25) is 5.91 Å². The zero-order valence-corrected chi connectivity index (χ0v) is 15.9. The fourth-order valence-corrected chi connectivity index (χ4v) is 3.51. The van der Waals surface area contributed by atoms with Gasteiger partial charge in [-0.15, -0.1) is 0 Å². The molecule has 0 radical (unpaired) electrons. The van der Waals surface area contributed by atoms with Crippen molar-refractivity contribution in [2.24, 2.45) is 11.3 Å². The van der Waals surface area contributed by atoms with Crippen LogP contribution in [0.2, 0.25) is 5.15 Å². The molecule has 1 aromatic carbocycles. The van der Waals surface area contributed by atoms with E-state index in [0.717, 1.165) is 42.5 Å². The highest BCUT2D eigenvalue weighted by molar-refractivity contribution is 6.34. The van der Waals surface area contributed by atoms with Crippen LogP contribution in [-0.2, 0) is 4.79 Å². The molecule has 4 nitrogen and oxygen atoms in total. The highest BCUT2D eigenvalue weighted by atomic mass is 35.5. The van der Waals surface area contributed by atoms with Gasteiger partial charge in [-0.3, -0.25) is 4.79 Å². The molecule has 2 aromatic rings. The summed E-state index contributed by atoms with van der Waals surface area (Å²) in [6.07, 6.45) is 2.23. The molecule has 0 aliphatic carbocycles. The minimum Gasteiger partial charge on any atom is -0.356 e. The van der Waals surface area contributed by atoms with E-state index in [4.69, 9.17) is 11.6 Å². The third kappa shape index (κ3) is 4.24. The number of hydrogen-bond acceptors (Lipinski definition) is 3. The van der Waals surface area contributed by atoms with Crippen LogP contribution in [0.15, 0.2) is 30.3 Å². The molecule has 1 N–H and O–H groups in total. The zero-order valence-electron chi connectivity index (χ0n) is 15.2. The first kappa shape index (κ1) is 18.0. The van der Waals surface area contributed by atoms with Crippen LogP contribution < -0.4 is 10.2 Å². The quantitative estimate of drug-likeness (QED) is 0.832. The van der Waals surface area contributed by atoms with E-state index in [1.807, 2.05) is 39.0 Å². The van der Waals surface area contributed by atoms with Gasteiger partial charge in [-0.25, -0.2) is 4.98 Å². The van der Waals surface area contributed by atoms with Crippen LogP contribution >= 0.6 is 11.6 Å². The topological polar surface area (TPSA) is 45.2 Å². The van der Waals surface area contributed by atoms with Crippen LogP contribution in [0.3, 0.4) is 0 Å². The molecule has 1 aromatic heterocycles. The van der Waals surface area contributed by atoms with Crippen molar-refractivity contribution in [1.82, 2.24) is 10.3 Å². The number of rotatable bonds is 3. The Bertz CT molecular complexity index is 769. The molecule has 1 aliphatic rings. The molecule has 1 unspecified atom stereocenters. The van der Waals surface area contributed by atoms with Crippen LogP contribution in [0.1, 0.15) is 33.6 Å². The monoisotopic (exact) mass is 359 g/mol. The van der Waals surface area contributed by atoms with Crippen LogP contribution in [0.25, 0.3) is 10.8 Å². The summed E-state index contributed by atoms with van der Waals surface area (Å²) in [5.74, 6) is 1.47. The minimum atomic E-state index is -0.345. The van der Waals surface area contributed by atoms with Gasteiger partial charge < -0.3 is 10.2 Å². The Morgan fingerprint density at radius 1 is 1.36 bits per heavy atom. The molecule has 1 saturated heterocycles. The van der Waals surface area contributed by atoms with Crippen molar-refractivity contribution < 1.29 is 4.79 Å². The van der Waals surface area contributed by atoms with Crippen molar-refractivity contribution in [1.29, 1.82) is 0 Å². The number of amides is 1. The van der Waals surface area contributed by atoms with Crippen LogP contribution in [-0.4, -0.2) is 30.5 Å². The van der Waals surface area contributed by atoms with Gasteiger partial charge in [-0.05, 0) is 30.2 Å². The number of halogens is 1. The van der Waals surface area contributed by atoms with E-state index in [2.05, 4.69) is 27.3 Å². The standard InChI is InChI=1S/C20H26ClN3O/c1-20(2,3)19(25)22-12-14-7-6-10-24(13-14)17-11-15-8-4-5-9-16(15)18(21)23-17/h4-5,8-9,11,14H,6-7,10,12-13H2,1-3H3,(H,22,25). The summed E-state index contributed by atoms with van der Waals surface area (Å²) in [4.78, 5) is 19.0. The highest BCUT2D eigenvalue weighted by Gasteiger charge is 2.25. The average molecular weight is 360 g/mol. The molecule has 0 spiro atoms. The number of carbonyl (C=O) groups excluding carboxylic acids is 1. The predicted molar refractivity (Wildman–Crippen MR) is 104 cm³/mol. The molecule has 5 heteroatoms. The summed E-state index contributed by atoms with van der Waals surface area (Å²) in [6.45, 7) is 8.41. The number of anilines is 1. The van der Waals surface area contributed by atoms with Crippen LogP contribution in [0, 0.1) is 11.3 Å². The van der Waals surface area contributed by atoms with Crippen molar-refractivity contribution in [3.05, 3.63) is 35.5 Å². The second-order valence-electron chi connectivity index (χ2n) is 7.91. The van der Waals surface area contributed by atoms with Gasteiger partial charge in [0.15, 0.2) is 0 Å². The lowest BCUT2D eigenvalue weighted by molar-refractivity contribution is -0.128. The number of carbonyl (C=O) groups is 1. The van der Waals surface area contributed by atoms with Gasteiger partial charge in [-0.2, -0.15) is 0 Å². The predicted octanol–water partition coefficient (Wildman–Crippen LogP) is 4.27. The maximum Gasteiger partial charge on any atom is 0.225 e. The van der Waals surface area contributed by atoms with Gasteiger partial charge >= 0.3 is 0 Å². The van der Waals surface area contributed by atoms with E-state index in [-0.39, 0.29) is 11.3 Å². The molecule has 25 heavy (non-hydrogen) atoms. The van der Waals surface area contributed by atoms with E-state index in [9.17, 15) is 4.79 Å². The molecular formula is C20H26ClN3O. The van der Waals surface area contributed by atoms with Crippen molar-refractivity contribution in [2.45, 2.75) is 33.6 Å². The third-order valence-corrected chi connectivity index (χ3v) is 5.04. The van der Waals surface area contributed by atoms with Gasteiger partial charge in [0.1, 0.15) is 11.0 Å².